The summed E-state index contributed by atoms with van der Waals surface area (Å²) in [5.41, 5.74) is 12.0. The first-order chi connectivity index (χ1) is 13.5. The molecule has 28 heavy (non-hydrogen) atoms. The Morgan fingerprint density at radius 3 is 2.00 bits per heavy atom. The van der Waals surface area contributed by atoms with Gasteiger partial charge in [0.25, 0.3) is 0 Å². The highest BCUT2D eigenvalue weighted by Crippen LogP contribution is 2.48. The second-order valence-electron chi connectivity index (χ2n) is 9.39. The van der Waals surface area contributed by atoms with Crippen LogP contribution >= 0.6 is 0 Å². The third-order valence-electron chi connectivity index (χ3n) is 6.63. The fourth-order valence-corrected chi connectivity index (χ4v) is 7.12. The first-order valence-electron chi connectivity index (χ1n) is 10.3. The molecule has 0 spiro atoms. The lowest BCUT2D eigenvalue weighted by Gasteiger charge is -2.23. The van der Waals surface area contributed by atoms with E-state index in [9.17, 15) is 0 Å². The van der Waals surface area contributed by atoms with E-state index in [1.807, 2.05) is 0 Å². The molecule has 0 N–H and O–H groups in total. The standard InChI is InChI=1S/C27H24Si/c1-28(2,3)24-16-20-13-12-19-14-17-8-4-6-10-21(17)25(19)26(20)27-22-11-7-5-9-18(22)15-23(24)27/h4-13,16H,14-15H2,1-3H3. The van der Waals surface area contributed by atoms with Crippen molar-refractivity contribution >= 4 is 24.0 Å². The quantitative estimate of drug-likeness (QED) is 0.286. The minimum Gasteiger partial charge on any atom is -0.0656 e. The van der Waals surface area contributed by atoms with Crippen molar-refractivity contribution in [3.8, 4) is 22.3 Å². The normalized spacial score (nSPS) is 14.0. The predicted molar refractivity (Wildman–Crippen MR) is 123 cm³/mol. The van der Waals surface area contributed by atoms with Crippen molar-refractivity contribution in [2.45, 2.75) is 32.5 Å². The van der Waals surface area contributed by atoms with Gasteiger partial charge in [0.1, 0.15) is 0 Å². The third-order valence-corrected chi connectivity index (χ3v) is 8.69. The molecule has 0 unspecified atom stereocenters. The molecule has 0 fully saturated rings. The largest absolute Gasteiger partial charge is 0.0780 e. The van der Waals surface area contributed by atoms with Crippen LogP contribution in [0.1, 0.15) is 22.3 Å². The molecule has 0 saturated carbocycles. The Kier molecular flexibility index (Phi) is 3.18. The van der Waals surface area contributed by atoms with Gasteiger partial charge in [0.05, 0.1) is 8.07 Å². The Balaban J connectivity index is 1.82. The van der Waals surface area contributed by atoms with Gasteiger partial charge in [-0.2, -0.15) is 0 Å². The van der Waals surface area contributed by atoms with E-state index in [0.717, 1.165) is 12.8 Å². The molecule has 136 valence electrons. The summed E-state index contributed by atoms with van der Waals surface area (Å²) >= 11 is 0. The first-order valence-corrected chi connectivity index (χ1v) is 13.8. The van der Waals surface area contributed by atoms with Crippen LogP contribution in [0.3, 0.4) is 0 Å². The van der Waals surface area contributed by atoms with Crippen molar-refractivity contribution in [2.24, 2.45) is 0 Å². The monoisotopic (exact) mass is 376 g/mol. The Morgan fingerprint density at radius 2 is 1.29 bits per heavy atom. The lowest BCUT2D eigenvalue weighted by molar-refractivity contribution is 1.26. The van der Waals surface area contributed by atoms with Gasteiger partial charge < -0.3 is 0 Å². The summed E-state index contributed by atoms with van der Waals surface area (Å²) in [6, 6.07) is 25.3. The maximum atomic E-state index is 2.54. The summed E-state index contributed by atoms with van der Waals surface area (Å²) < 4.78 is 0. The van der Waals surface area contributed by atoms with Gasteiger partial charge in [-0.15, -0.1) is 0 Å². The second kappa shape index (κ2) is 5.45. The molecular weight excluding hydrogens is 352 g/mol. The maximum Gasteiger partial charge on any atom is 0.0780 e. The highest BCUT2D eigenvalue weighted by atomic mass is 28.3. The summed E-state index contributed by atoms with van der Waals surface area (Å²) in [6.07, 6.45) is 2.15. The molecular formula is C27H24Si. The van der Waals surface area contributed by atoms with Crippen LogP contribution in [0.15, 0.2) is 66.7 Å². The molecule has 0 aliphatic heterocycles. The fraction of sp³-hybridized carbons (Fsp3) is 0.185. The van der Waals surface area contributed by atoms with E-state index in [1.54, 1.807) is 10.8 Å². The molecule has 0 amide bonds. The van der Waals surface area contributed by atoms with E-state index in [4.69, 9.17) is 0 Å². The van der Waals surface area contributed by atoms with Gasteiger partial charge in [0.15, 0.2) is 0 Å². The topological polar surface area (TPSA) is 0 Å². The van der Waals surface area contributed by atoms with Crippen molar-refractivity contribution in [1.82, 2.24) is 0 Å². The molecule has 0 nitrogen and oxygen atoms in total. The molecule has 0 radical (unpaired) electrons. The van der Waals surface area contributed by atoms with Gasteiger partial charge in [-0.1, -0.05) is 91.6 Å². The minimum atomic E-state index is -1.44. The van der Waals surface area contributed by atoms with Crippen LogP contribution < -0.4 is 5.19 Å². The zero-order valence-electron chi connectivity index (χ0n) is 16.8. The maximum absolute atomic E-state index is 2.54. The van der Waals surface area contributed by atoms with Crippen LogP contribution in [0.2, 0.25) is 19.6 Å². The minimum absolute atomic E-state index is 1.06. The van der Waals surface area contributed by atoms with Crippen molar-refractivity contribution in [3.63, 3.8) is 0 Å². The van der Waals surface area contributed by atoms with Crippen molar-refractivity contribution in [1.29, 1.82) is 0 Å². The number of rotatable bonds is 1. The van der Waals surface area contributed by atoms with Crippen molar-refractivity contribution in [3.05, 3.63) is 89.0 Å². The van der Waals surface area contributed by atoms with Gasteiger partial charge in [-0.05, 0) is 68.1 Å². The number of hydrogen-bond donors (Lipinski definition) is 0. The zero-order valence-corrected chi connectivity index (χ0v) is 17.8. The molecule has 0 heterocycles. The summed E-state index contributed by atoms with van der Waals surface area (Å²) in [5, 5.41) is 4.55. The van der Waals surface area contributed by atoms with Gasteiger partial charge in [-0.25, -0.2) is 0 Å². The predicted octanol–water partition coefficient (Wildman–Crippen LogP) is 6.53. The molecule has 1 heteroatoms. The average Bonchev–Trinajstić information content (AvgIpc) is 3.24. The van der Waals surface area contributed by atoms with Gasteiger partial charge in [0, 0.05) is 0 Å². The Hall–Kier alpha value is -2.64. The SMILES string of the molecule is C[Si](C)(C)c1cc2ccc3c(c2c2c1Cc1ccccc1-2)-c1ccccc1C3. The van der Waals surface area contributed by atoms with E-state index >= 15 is 0 Å². The van der Waals surface area contributed by atoms with E-state index in [2.05, 4.69) is 86.4 Å². The zero-order chi connectivity index (χ0) is 19.0. The Bertz CT molecular complexity index is 1290. The van der Waals surface area contributed by atoms with Gasteiger partial charge in [-0.3, -0.25) is 0 Å². The van der Waals surface area contributed by atoms with Crippen molar-refractivity contribution < 1.29 is 0 Å². The number of benzene rings is 4. The van der Waals surface area contributed by atoms with Crippen molar-refractivity contribution in [2.75, 3.05) is 0 Å². The van der Waals surface area contributed by atoms with E-state index in [0.29, 0.717) is 0 Å². The third kappa shape index (κ3) is 2.11. The summed E-state index contributed by atoms with van der Waals surface area (Å²) in [7, 11) is -1.44. The molecule has 0 atom stereocenters. The summed E-state index contributed by atoms with van der Waals surface area (Å²) in [5.74, 6) is 0. The molecule has 2 aliphatic rings. The molecule has 2 aliphatic carbocycles. The summed E-state index contributed by atoms with van der Waals surface area (Å²) in [6.45, 7) is 7.46. The van der Waals surface area contributed by atoms with Crippen LogP contribution in [-0.4, -0.2) is 8.07 Å². The molecule has 6 rings (SSSR count). The van der Waals surface area contributed by atoms with E-state index < -0.39 is 8.07 Å². The van der Waals surface area contributed by atoms with Crippen LogP contribution in [0.5, 0.6) is 0 Å². The number of fused-ring (bicyclic) bond motifs is 9. The number of hydrogen-bond acceptors (Lipinski definition) is 0. The fourth-order valence-electron chi connectivity index (χ4n) is 5.42. The van der Waals surface area contributed by atoms with Crippen LogP contribution in [0.4, 0.5) is 0 Å². The van der Waals surface area contributed by atoms with Gasteiger partial charge in [0.2, 0.25) is 0 Å². The highest BCUT2D eigenvalue weighted by Gasteiger charge is 2.31. The Labute approximate surface area is 167 Å². The average molecular weight is 377 g/mol. The molecule has 4 aromatic rings. The molecule has 0 aromatic heterocycles. The molecule has 4 aromatic carbocycles. The van der Waals surface area contributed by atoms with Crippen LogP contribution in [0.25, 0.3) is 33.0 Å². The lowest BCUT2D eigenvalue weighted by Crippen LogP contribution is -2.40. The molecule has 0 saturated heterocycles. The molecule has 0 bridgehead atoms. The van der Waals surface area contributed by atoms with E-state index in [1.165, 1.54) is 49.7 Å². The Morgan fingerprint density at radius 1 is 0.643 bits per heavy atom. The van der Waals surface area contributed by atoms with Crippen LogP contribution in [-0.2, 0) is 12.8 Å². The van der Waals surface area contributed by atoms with E-state index in [-0.39, 0.29) is 0 Å². The van der Waals surface area contributed by atoms with Gasteiger partial charge >= 0.3 is 0 Å². The smallest absolute Gasteiger partial charge is 0.0656 e. The second-order valence-corrected chi connectivity index (χ2v) is 14.4. The lowest BCUT2D eigenvalue weighted by atomic mass is 9.90. The summed E-state index contributed by atoms with van der Waals surface area (Å²) in [4.78, 5) is 0. The van der Waals surface area contributed by atoms with Crippen LogP contribution in [0, 0.1) is 0 Å². The first kappa shape index (κ1) is 16.3. The highest BCUT2D eigenvalue weighted by molar-refractivity contribution is 6.89.